The molecule has 1 fully saturated rings. The van der Waals surface area contributed by atoms with Gasteiger partial charge in [0, 0.05) is 12.6 Å². The molecule has 0 aromatic carbocycles. The summed E-state index contributed by atoms with van der Waals surface area (Å²) in [5, 5.41) is 11.5. The molecule has 0 unspecified atom stereocenters. The summed E-state index contributed by atoms with van der Waals surface area (Å²) in [4.78, 5) is 10.4. The van der Waals surface area contributed by atoms with E-state index in [4.69, 9.17) is 9.84 Å². The average molecular weight is 159 g/mol. The van der Waals surface area contributed by atoms with Gasteiger partial charge in [-0.2, -0.15) is 0 Å². The molecule has 2 atom stereocenters. The Kier molecular flexibility index (Phi) is 2.84. The maximum absolute atomic E-state index is 10.4. The first kappa shape index (κ1) is 8.49. The number of aliphatic carboxylic acids is 1. The van der Waals surface area contributed by atoms with Crippen molar-refractivity contribution >= 4 is 5.97 Å². The highest BCUT2D eigenvalue weighted by Gasteiger charge is 2.20. The van der Waals surface area contributed by atoms with Crippen LogP contribution in [0.15, 0.2) is 0 Å². The van der Waals surface area contributed by atoms with E-state index in [9.17, 15) is 4.79 Å². The fourth-order valence-electron chi connectivity index (χ4n) is 1.09. The zero-order chi connectivity index (χ0) is 8.27. The first-order chi connectivity index (χ1) is 5.20. The van der Waals surface area contributed by atoms with Gasteiger partial charge in [-0.3, -0.25) is 10.1 Å². The molecule has 2 N–H and O–H groups in total. The Morgan fingerprint density at radius 1 is 1.82 bits per heavy atom. The lowest BCUT2D eigenvalue weighted by atomic mass is 10.2. The summed E-state index contributed by atoms with van der Waals surface area (Å²) in [6.07, 6.45) is 0.914. The summed E-state index contributed by atoms with van der Waals surface area (Å²) in [5.41, 5.74) is 0. The van der Waals surface area contributed by atoms with Crippen LogP contribution in [-0.2, 0) is 9.53 Å². The molecule has 0 amide bonds. The Hall–Kier alpha value is -0.610. The normalized spacial score (nSPS) is 26.8. The number of carboxylic acids is 1. The summed E-state index contributed by atoms with van der Waals surface area (Å²) in [7, 11) is 0. The van der Waals surface area contributed by atoms with E-state index in [0.29, 0.717) is 6.61 Å². The van der Waals surface area contributed by atoms with E-state index in [1.807, 2.05) is 0 Å². The molecule has 1 aliphatic rings. The minimum atomic E-state index is -0.808. The van der Waals surface area contributed by atoms with E-state index in [1.54, 1.807) is 6.92 Å². The molecule has 0 radical (unpaired) electrons. The van der Waals surface area contributed by atoms with Gasteiger partial charge >= 0.3 is 5.97 Å². The predicted octanol–water partition coefficient (Wildman–Crippen LogP) is -0.162. The molecule has 1 saturated heterocycles. The molecule has 0 spiro atoms. The summed E-state index contributed by atoms with van der Waals surface area (Å²) in [6.45, 7) is 3.02. The third-order valence-corrected chi connectivity index (χ3v) is 1.79. The van der Waals surface area contributed by atoms with Crippen molar-refractivity contribution in [1.82, 2.24) is 5.32 Å². The molecule has 0 saturated carbocycles. The monoisotopic (exact) mass is 159 g/mol. The molecule has 0 bridgehead atoms. The Balaban J connectivity index is 2.23. The fourth-order valence-corrected chi connectivity index (χ4v) is 1.09. The quantitative estimate of drug-likeness (QED) is 0.600. The molecule has 1 rings (SSSR count). The molecule has 11 heavy (non-hydrogen) atoms. The van der Waals surface area contributed by atoms with E-state index in [0.717, 1.165) is 13.0 Å². The highest BCUT2D eigenvalue weighted by molar-refractivity contribution is 5.72. The molecular formula is C7H13NO3. The third kappa shape index (κ3) is 2.48. The van der Waals surface area contributed by atoms with Crippen LogP contribution in [0, 0.1) is 0 Å². The number of carbonyl (C=O) groups is 1. The summed E-state index contributed by atoms with van der Waals surface area (Å²) in [6, 6.07) is -0.247. The van der Waals surface area contributed by atoms with Crippen LogP contribution in [0.4, 0.5) is 0 Å². The second-order valence-corrected chi connectivity index (χ2v) is 2.79. The van der Waals surface area contributed by atoms with Crippen molar-refractivity contribution in [2.45, 2.75) is 25.4 Å². The van der Waals surface area contributed by atoms with Crippen LogP contribution in [0.1, 0.15) is 13.3 Å². The standard InChI is InChI=1S/C7H13NO3/c1-5(7(9)10)8-6-2-3-11-4-6/h5-6,8H,2-4H2,1H3,(H,9,10)/t5-,6+/m0/s1. The second-order valence-electron chi connectivity index (χ2n) is 2.79. The SMILES string of the molecule is C[C@H](N[C@@H]1CCOC1)C(=O)O. The van der Waals surface area contributed by atoms with Crippen molar-refractivity contribution < 1.29 is 14.6 Å². The van der Waals surface area contributed by atoms with Crippen LogP contribution in [0.3, 0.4) is 0 Å². The fraction of sp³-hybridized carbons (Fsp3) is 0.857. The third-order valence-electron chi connectivity index (χ3n) is 1.79. The van der Waals surface area contributed by atoms with Crippen molar-refractivity contribution in [3.8, 4) is 0 Å². The molecule has 4 nitrogen and oxygen atoms in total. The van der Waals surface area contributed by atoms with Gasteiger partial charge in [0.1, 0.15) is 6.04 Å². The highest BCUT2D eigenvalue weighted by Crippen LogP contribution is 2.03. The summed E-state index contributed by atoms with van der Waals surface area (Å²) in [5.74, 6) is -0.808. The molecule has 0 aliphatic carbocycles. The zero-order valence-corrected chi connectivity index (χ0v) is 6.54. The number of ether oxygens (including phenoxy) is 1. The first-order valence-electron chi connectivity index (χ1n) is 3.76. The predicted molar refractivity (Wildman–Crippen MR) is 39.5 cm³/mol. The van der Waals surface area contributed by atoms with E-state index in [2.05, 4.69) is 5.32 Å². The van der Waals surface area contributed by atoms with Crippen molar-refractivity contribution in [2.24, 2.45) is 0 Å². The van der Waals surface area contributed by atoms with Crippen LogP contribution < -0.4 is 5.32 Å². The Morgan fingerprint density at radius 3 is 3.00 bits per heavy atom. The second kappa shape index (κ2) is 3.69. The maximum Gasteiger partial charge on any atom is 0.320 e. The van der Waals surface area contributed by atoms with Crippen molar-refractivity contribution in [1.29, 1.82) is 0 Å². The highest BCUT2D eigenvalue weighted by atomic mass is 16.5. The molecule has 1 aliphatic heterocycles. The van der Waals surface area contributed by atoms with Crippen LogP contribution >= 0.6 is 0 Å². The Morgan fingerprint density at radius 2 is 2.55 bits per heavy atom. The Bertz CT molecular complexity index is 143. The van der Waals surface area contributed by atoms with Gasteiger partial charge in [-0.15, -0.1) is 0 Å². The molecule has 64 valence electrons. The van der Waals surface area contributed by atoms with Gasteiger partial charge in [0.15, 0.2) is 0 Å². The summed E-state index contributed by atoms with van der Waals surface area (Å²) < 4.78 is 5.08. The minimum absolute atomic E-state index is 0.223. The van der Waals surface area contributed by atoms with Crippen molar-refractivity contribution in [3.63, 3.8) is 0 Å². The van der Waals surface area contributed by atoms with Gasteiger partial charge in [0.2, 0.25) is 0 Å². The lowest BCUT2D eigenvalue weighted by molar-refractivity contribution is -0.139. The topological polar surface area (TPSA) is 58.6 Å². The first-order valence-corrected chi connectivity index (χ1v) is 3.76. The number of rotatable bonds is 3. The average Bonchev–Trinajstić information content (AvgIpc) is 2.39. The molecular weight excluding hydrogens is 146 g/mol. The number of hydrogen-bond donors (Lipinski definition) is 2. The van der Waals surface area contributed by atoms with Gasteiger partial charge in [0.25, 0.3) is 0 Å². The lowest BCUT2D eigenvalue weighted by Crippen LogP contribution is -2.41. The smallest absolute Gasteiger partial charge is 0.320 e. The van der Waals surface area contributed by atoms with Gasteiger partial charge in [-0.1, -0.05) is 0 Å². The largest absolute Gasteiger partial charge is 0.480 e. The van der Waals surface area contributed by atoms with E-state index in [-0.39, 0.29) is 6.04 Å². The maximum atomic E-state index is 10.4. The number of nitrogens with one attached hydrogen (secondary N) is 1. The van der Waals surface area contributed by atoms with Gasteiger partial charge in [-0.05, 0) is 13.3 Å². The van der Waals surface area contributed by atoms with Crippen LogP contribution in [0.5, 0.6) is 0 Å². The van der Waals surface area contributed by atoms with Crippen LogP contribution in [0.2, 0.25) is 0 Å². The molecule has 4 heteroatoms. The minimum Gasteiger partial charge on any atom is -0.480 e. The van der Waals surface area contributed by atoms with Crippen LogP contribution in [0.25, 0.3) is 0 Å². The van der Waals surface area contributed by atoms with Crippen molar-refractivity contribution in [2.75, 3.05) is 13.2 Å². The molecule has 0 aromatic rings. The van der Waals surface area contributed by atoms with E-state index in [1.165, 1.54) is 0 Å². The number of hydrogen-bond acceptors (Lipinski definition) is 3. The number of carboxylic acid groups (broad SMARTS) is 1. The summed E-state index contributed by atoms with van der Waals surface area (Å²) >= 11 is 0. The van der Waals surface area contributed by atoms with Gasteiger partial charge in [0.05, 0.1) is 6.61 Å². The lowest BCUT2D eigenvalue weighted by Gasteiger charge is -2.13. The molecule has 1 heterocycles. The molecule has 0 aromatic heterocycles. The van der Waals surface area contributed by atoms with Gasteiger partial charge < -0.3 is 9.84 Å². The van der Waals surface area contributed by atoms with Crippen LogP contribution in [-0.4, -0.2) is 36.4 Å². The van der Waals surface area contributed by atoms with Gasteiger partial charge in [-0.25, -0.2) is 0 Å². The van der Waals surface area contributed by atoms with E-state index < -0.39 is 12.0 Å². The van der Waals surface area contributed by atoms with Crippen molar-refractivity contribution in [3.05, 3.63) is 0 Å². The Labute approximate surface area is 65.5 Å². The zero-order valence-electron chi connectivity index (χ0n) is 6.54. The van der Waals surface area contributed by atoms with E-state index >= 15 is 0 Å².